The molecule has 19 heavy (non-hydrogen) atoms. The van der Waals surface area contributed by atoms with E-state index in [-0.39, 0.29) is 0 Å². The van der Waals surface area contributed by atoms with E-state index in [0.717, 1.165) is 21.4 Å². The second kappa shape index (κ2) is 4.42. The van der Waals surface area contributed by atoms with Crippen LogP contribution < -0.4 is 0 Å². The molecule has 0 aliphatic heterocycles. The Hall–Kier alpha value is -1.75. The Balaban J connectivity index is 2.18. The molecule has 0 aliphatic rings. The standard InChI is InChI=1S/C14H16N4S/c1-8(2)13-17-18-12(15-16-14(18)19-13)11-6-9(3)5-10(4)7-11/h5-8H,1-4H3. The van der Waals surface area contributed by atoms with Gasteiger partial charge in [0.15, 0.2) is 5.82 Å². The fourth-order valence-electron chi connectivity index (χ4n) is 2.15. The van der Waals surface area contributed by atoms with Crippen LogP contribution in [0.15, 0.2) is 18.2 Å². The zero-order valence-corrected chi connectivity index (χ0v) is 12.3. The van der Waals surface area contributed by atoms with Crippen molar-refractivity contribution < 1.29 is 0 Å². The first-order valence-corrected chi connectivity index (χ1v) is 7.17. The quantitative estimate of drug-likeness (QED) is 0.716. The van der Waals surface area contributed by atoms with Crippen LogP contribution in [0, 0.1) is 13.8 Å². The van der Waals surface area contributed by atoms with Crippen molar-refractivity contribution in [3.63, 3.8) is 0 Å². The Morgan fingerprint density at radius 3 is 2.37 bits per heavy atom. The third-order valence-electron chi connectivity index (χ3n) is 2.98. The zero-order valence-electron chi connectivity index (χ0n) is 11.5. The first kappa shape index (κ1) is 12.3. The van der Waals surface area contributed by atoms with Gasteiger partial charge in [-0.3, -0.25) is 0 Å². The average molecular weight is 272 g/mol. The zero-order chi connectivity index (χ0) is 13.6. The molecule has 0 aliphatic carbocycles. The molecule has 0 saturated carbocycles. The van der Waals surface area contributed by atoms with Gasteiger partial charge in [0.05, 0.1) is 0 Å². The third kappa shape index (κ3) is 2.14. The first-order chi connectivity index (χ1) is 9.04. The second-order valence-electron chi connectivity index (χ2n) is 5.19. The summed E-state index contributed by atoms with van der Waals surface area (Å²) in [5.41, 5.74) is 3.53. The van der Waals surface area contributed by atoms with E-state index in [0.29, 0.717) is 5.92 Å². The summed E-state index contributed by atoms with van der Waals surface area (Å²) >= 11 is 1.61. The molecule has 0 atom stereocenters. The maximum Gasteiger partial charge on any atom is 0.234 e. The molecular weight excluding hydrogens is 256 g/mol. The van der Waals surface area contributed by atoms with Crippen LogP contribution in [0.25, 0.3) is 16.3 Å². The topological polar surface area (TPSA) is 43.1 Å². The normalized spacial score (nSPS) is 11.6. The van der Waals surface area contributed by atoms with E-state index in [2.05, 4.69) is 61.2 Å². The van der Waals surface area contributed by atoms with Gasteiger partial charge in [-0.1, -0.05) is 42.4 Å². The van der Waals surface area contributed by atoms with Crippen LogP contribution in [-0.4, -0.2) is 19.8 Å². The summed E-state index contributed by atoms with van der Waals surface area (Å²) in [6, 6.07) is 6.40. The molecule has 0 amide bonds. The third-order valence-corrected chi connectivity index (χ3v) is 4.18. The Morgan fingerprint density at radius 2 is 1.74 bits per heavy atom. The van der Waals surface area contributed by atoms with Crippen LogP contribution in [-0.2, 0) is 0 Å². The fourth-order valence-corrected chi connectivity index (χ4v) is 2.99. The average Bonchev–Trinajstić information content (AvgIpc) is 2.85. The highest BCUT2D eigenvalue weighted by molar-refractivity contribution is 7.16. The van der Waals surface area contributed by atoms with Crippen molar-refractivity contribution in [1.82, 2.24) is 19.8 Å². The van der Waals surface area contributed by atoms with Crippen LogP contribution in [0.1, 0.15) is 35.9 Å². The maximum atomic E-state index is 4.62. The van der Waals surface area contributed by atoms with Gasteiger partial charge in [0, 0.05) is 11.5 Å². The largest absolute Gasteiger partial charge is 0.234 e. The van der Waals surface area contributed by atoms with E-state index in [1.54, 1.807) is 11.3 Å². The number of rotatable bonds is 2. The Bertz CT molecular complexity index is 719. The summed E-state index contributed by atoms with van der Waals surface area (Å²) in [6.07, 6.45) is 0. The Kier molecular flexibility index (Phi) is 2.86. The molecule has 4 nitrogen and oxygen atoms in total. The summed E-state index contributed by atoms with van der Waals surface area (Å²) in [7, 11) is 0. The Morgan fingerprint density at radius 1 is 1.05 bits per heavy atom. The number of fused-ring (bicyclic) bond motifs is 1. The van der Waals surface area contributed by atoms with Crippen LogP contribution in [0.4, 0.5) is 0 Å². The van der Waals surface area contributed by atoms with Gasteiger partial charge in [-0.15, -0.1) is 10.2 Å². The lowest BCUT2D eigenvalue weighted by molar-refractivity contribution is 0.802. The molecule has 5 heteroatoms. The van der Waals surface area contributed by atoms with Gasteiger partial charge in [0.1, 0.15) is 5.01 Å². The van der Waals surface area contributed by atoms with Crippen molar-refractivity contribution in [2.45, 2.75) is 33.6 Å². The van der Waals surface area contributed by atoms with Crippen molar-refractivity contribution in [3.8, 4) is 11.4 Å². The van der Waals surface area contributed by atoms with Crippen molar-refractivity contribution in [3.05, 3.63) is 34.3 Å². The minimum absolute atomic E-state index is 0.416. The minimum Gasteiger partial charge on any atom is -0.183 e. The maximum absolute atomic E-state index is 4.62. The van der Waals surface area contributed by atoms with Crippen molar-refractivity contribution in [1.29, 1.82) is 0 Å². The lowest BCUT2D eigenvalue weighted by Crippen LogP contribution is -1.94. The summed E-state index contributed by atoms with van der Waals surface area (Å²) in [4.78, 5) is 0.859. The van der Waals surface area contributed by atoms with Crippen LogP contribution in [0.2, 0.25) is 0 Å². The molecular formula is C14H16N4S. The van der Waals surface area contributed by atoms with Gasteiger partial charge in [-0.05, 0) is 26.0 Å². The van der Waals surface area contributed by atoms with Crippen molar-refractivity contribution in [2.24, 2.45) is 0 Å². The molecule has 3 rings (SSSR count). The predicted molar refractivity (Wildman–Crippen MR) is 77.7 cm³/mol. The summed E-state index contributed by atoms with van der Waals surface area (Å²) in [6.45, 7) is 8.47. The van der Waals surface area contributed by atoms with Gasteiger partial charge in [-0.25, -0.2) is 0 Å². The van der Waals surface area contributed by atoms with Crippen molar-refractivity contribution >= 4 is 16.3 Å². The molecule has 0 fully saturated rings. The van der Waals surface area contributed by atoms with E-state index in [9.17, 15) is 0 Å². The lowest BCUT2D eigenvalue weighted by atomic mass is 10.1. The number of aromatic nitrogens is 4. The molecule has 1 aromatic carbocycles. The van der Waals surface area contributed by atoms with Gasteiger partial charge in [0.25, 0.3) is 0 Å². The summed E-state index contributed by atoms with van der Waals surface area (Å²) < 4.78 is 1.86. The van der Waals surface area contributed by atoms with Gasteiger partial charge in [-0.2, -0.15) is 9.61 Å². The first-order valence-electron chi connectivity index (χ1n) is 6.35. The Labute approximate surface area is 116 Å². The number of benzene rings is 1. The lowest BCUT2D eigenvalue weighted by Gasteiger charge is -2.02. The van der Waals surface area contributed by atoms with Crippen LogP contribution in [0.3, 0.4) is 0 Å². The highest BCUT2D eigenvalue weighted by Gasteiger charge is 2.15. The van der Waals surface area contributed by atoms with Gasteiger partial charge >= 0.3 is 0 Å². The summed E-state index contributed by atoms with van der Waals surface area (Å²) in [5, 5.41) is 14.2. The molecule has 2 heterocycles. The number of nitrogens with zero attached hydrogens (tertiary/aromatic N) is 4. The molecule has 0 N–H and O–H groups in total. The molecule has 2 aromatic heterocycles. The van der Waals surface area contributed by atoms with Gasteiger partial charge in [0.2, 0.25) is 4.96 Å². The predicted octanol–water partition coefficient (Wildman–Crippen LogP) is 3.59. The van der Waals surface area contributed by atoms with E-state index < -0.39 is 0 Å². The fraction of sp³-hybridized carbons (Fsp3) is 0.357. The SMILES string of the molecule is Cc1cc(C)cc(-c2nnc3sc(C(C)C)nn23)c1. The van der Waals surface area contributed by atoms with Crippen LogP contribution in [0.5, 0.6) is 0 Å². The molecule has 0 radical (unpaired) electrons. The number of hydrogen-bond acceptors (Lipinski definition) is 4. The molecule has 0 saturated heterocycles. The molecule has 98 valence electrons. The molecule has 3 aromatic rings. The van der Waals surface area contributed by atoms with E-state index in [1.165, 1.54) is 11.1 Å². The smallest absolute Gasteiger partial charge is 0.183 e. The highest BCUT2D eigenvalue weighted by Crippen LogP contribution is 2.26. The minimum atomic E-state index is 0.416. The highest BCUT2D eigenvalue weighted by atomic mass is 32.1. The van der Waals surface area contributed by atoms with Crippen LogP contribution >= 0.6 is 11.3 Å². The molecule has 0 spiro atoms. The van der Waals surface area contributed by atoms with Gasteiger partial charge < -0.3 is 0 Å². The van der Waals surface area contributed by atoms with Crippen molar-refractivity contribution in [2.75, 3.05) is 0 Å². The monoisotopic (exact) mass is 272 g/mol. The van der Waals surface area contributed by atoms with E-state index in [1.807, 2.05) is 4.52 Å². The molecule has 0 unspecified atom stereocenters. The van der Waals surface area contributed by atoms with E-state index in [4.69, 9.17) is 0 Å². The van der Waals surface area contributed by atoms with E-state index >= 15 is 0 Å². The summed E-state index contributed by atoms with van der Waals surface area (Å²) in [5.74, 6) is 1.24. The second-order valence-corrected chi connectivity index (χ2v) is 6.18. The number of hydrogen-bond donors (Lipinski definition) is 0. The molecule has 0 bridgehead atoms. The number of aryl methyl sites for hydroxylation is 2.